The first-order valence-corrected chi connectivity index (χ1v) is 6.25. The van der Waals surface area contributed by atoms with Gasteiger partial charge in [0.2, 0.25) is 0 Å². The molecule has 19 heavy (non-hydrogen) atoms. The van der Waals surface area contributed by atoms with Crippen LogP contribution < -0.4 is 0 Å². The molecule has 0 aliphatic rings. The van der Waals surface area contributed by atoms with Crippen molar-refractivity contribution >= 4 is 0 Å². The Labute approximate surface area is 112 Å². The molecular weight excluding hydrogens is 245 g/mol. The van der Waals surface area contributed by atoms with Crippen LogP contribution in [0.25, 0.3) is 0 Å². The average Bonchev–Trinajstić information content (AvgIpc) is 2.92. The maximum Gasteiger partial charge on any atom is 0.129 e. The van der Waals surface area contributed by atoms with Gasteiger partial charge in [0.25, 0.3) is 0 Å². The minimum atomic E-state index is -0.858. The van der Waals surface area contributed by atoms with E-state index in [0.29, 0.717) is 12.1 Å². The van der Waals surface area contributed by atoms with Gasteiger partial charge in [-0.25, -0.2) is 4.39 Å². The third-order valence-corrected chi connectivity index (χ3v) is 3.34. The SMILES string of the molecule is CC(c1ccco1)N(C)CC(O)c1ccccc1F. The molecule has 4 heteroatoms. The van der Waals surface area contributed by atoms with Gasteiger partial charge in [0.15, 0.2) is 0 Å². The van der Waals surface area contributed by atoms with Gasteiger partial charge in [-0.05, 0) is 32.2 Å². The highest BCUT2D eigenvalue weighted by molar-refractivity contribution is 5.20. The summed E-state index contributed by atoms with van der Waals surface area (Å²) in [6, 6.07) is 10.0. The van der Waals surface area contributed by atoms with Gasteiger partial charge in [-0.2, -0.15) is 0 Å². The average molecular weight is 263 g/mol. The summed E-state index contributed by atoms with van der Waals surface area (Å²) in [7, 11) is 1.87. The number of furan rings is 1. The largest absolute Gasteiger partial charge is 0.468 e. The van der Waals surface area contributed by atoms with E-state index in [1.165, 1.54) is 6.07 Å². The molecule has 102 valence electrons. The first-order valence-electron chi connectivity index (χ1n) is 6.25. The number of rotatable bonds is 5. The smallest absolute Gasteiger partial charge is 0.129 e. The molecule has 0 aliphatic heterocycles. The van der Waals surface area contributed by atoms with Crippen molar-refractivity contribution in [3.63, 3.8) is 0 Å². The fourth-order valence-corrected chi connectivity index (χ4v) is 2.02. The molecule has 2 aromatic rings. The van der Waals surface area contributed by atoms with Gasteiger partial charge in [0, 0.05) is 12.1 Å². The maximum atomic E-state index is 13.6. The molecule has 2 rings (SSSR count). The van der Waals surface area contributed by atoms with E-state index in [-0.39, 0.29) is 11.9 Å². The zero-order valence-corrected chi connectivity index (χ0v) is 11.1. The normalized spacial score (nSPS) is 14.6. The highest BCUT2D eigenvalue weighted by Crippen LogP contribution is 2.23. The lowest BCUT2D eigenvalue weighted by Gasteiger charge is -2.25. The summed E-state index contributed by atoms with van der Waals surface area (Å²) >= 11 is 0. The predicted octanol–water partition coefficient (Wildman–Crippen LogP) is 3.15. The zero-order chi connectivity index (χ0) is 13.8. The molecule has 0 fully saturated rings. The van der Waals surface area contributed by atoms with Gasteiger partial charge in [0.1, 0.15) is 11.6 Å². The third kappa shape index (κ3) is 3.22. The molecule has 3 nitrogen and oxygen atoms in total. The van der Waals surface area contributed by atoms with E-state index in [0.717, 1.165) is 5.76 Å². The summed E-state index contributed by atoms with van der Waals surface area (Å²) in [4.78, 5) is 1.93. The quantitative estimate of drug-likeness (QED) is 0.900. The number of hydrogen-bond donors (Lipinski definition) is 1. The Bertz CT molecular complexity index is 513. The Morgan fingerprint density at radius 3 is 2.63 bits per heavy atom. The van der Waals surface area contributed by atoms with Crippen molar-refractivity contribution in [2.45, 2.75) is 19.1 Å². The van der Waals surface area contributed by atoms with Gasteiger partial charge in [-0.15, -0.1) is 0 Å². The molecule has 0 spiro atoms. The predicted molar refractivity (Wildman–Crippen MR) is 71.1 cm³/mol. The van der Waals surface area contributed by atoms with Crippen LogP contribution >= 0.6 is 0 Å². The number of aliphatic hydroxyl groups excluding tert-OH is 1. The summed E-state index contributed by atoms with van der Waals surface area (Å²) in [5, 5.41) is 10.1. The topological polar surface area (TPSA) is 36.6 Å². The van der Waals surface area contributed by atoms with E-state index < -0.39 is 6.10 Å². The van der Waals surface area contributed by atoms with E-state index in [2.05, 4.69) is 0 Å². The summed E-state index contributed by atoms with van der Waals surface area (Å²) in [5.74, 6) is 0.442. The highest BCUT2D eigenvalue weighted by atomic mass is 19.1. The van der Waals surface area contributed by atoms with Crippen molar-refractivity contribution in [3.8, 4) is 0 Å². The van der Waals surface area contributed by atoms with E-state index in [4.69, 9.17) is 4.42 Å². The van der Waals surface area contributed by atoms with Crippen molar-refractivity contribution < 1.29 is 13.9 Å². The fourth-order valence-electron chi connectivity index (χ4n) is 2.02. The lowest BCUT2D eigenvalue weighted by atomic mass is 10.1. The molecule has 0 saturated heterocycles. The maximum absolute atomic E-state index is 13.6. The van der Waals surface area contributed by atoms with E-state index in [9.17, 15) is 9.50 Å². The van der Waals surface area contributed by atoms with Crippen molar-refractivity contribution in [3.05, 3.63) is 59.8 Å². The van der Waals surface area contributed by atoms with Gasteiger partial charge in [-0.1, -0.05) is 18.2 Å². The van der Waals surface area contributed by atoms with E-state index >= 15 is 0 Å². The molecule has 1 aromatic carbocycles. The Hall–Kier alpha value is -1.65. The fraction of sp³-hybridized carbons (Fsp3) is 0.333. The summed E-state index contributed by atoms with van der Waals surface area (Å²) in [6.07, 6.45) is 0.760. The Morgan fingerprint density at radius 2 is 2.00 bits per heavy atom. The second-order valence-corrected chi connectivity index (χ2v) is 4.67. The van der Waals surface area contributed by atoms with Crippen molar-refractivity contribution in [2.75, 3.05) is 13.6 Å². The molecule has 0 bridgehead atoms. The molecule has 0 radical (unpaired) electrons. The van der Waals surface area contributed by atoms with Crippen molar-refractivity contribution in [1.82, 2.24) is 4.90 Å². The number of aliphatic hydroxyl groups is 1. The highest BCUT2D eigenvalue weighted by Gasteiger charge is 2.19. The van der Waals surface area contributed by atoms with E-state index in [1.54, 1.807) is 24.5 Å². The molecule has 0 aliphatic carbocycles. The lowest BCUT2D eigenvalue weighted by molar-refractivity contribution is 0.0997. The first kappa shape index (κ1) is 13.8. The Balaban J connectivity index is 2.03. The minimum absolute atomic E-state index is 0.0245. The number of halogens is 1. The standard InChI is InChI=1S/C15H18FNO2/c1-11(15-8-5-9-19-15)17(2)10-14(18)12-6-3-4-7-13(12)16/h3-9,11,14,18H,10H2,1-2H3. The number of likely N-dealkylation sites (N-methyl/N-ethyl adjacent to an activating group) is 1. The molecule has 0 saturated carbocycles. The summed E-state index contributed by atoms with van der Waals surface area (Å²) < 4.78 is 18.9. The van der Waals surface area contributed by atoms with Crippen LogP contribution in [0.1, 0.15) is 30.4 Å². The van der Waals surface area contributed by atoms with Crippen LogP contribution in [0.4, 0.5) is 4.39 Å². The van der Waals surface area contributed by atoms with Gasteiger partial charge < -0.3 is 9.52 Å². The zero-order valence-electron chi connectivity index (χ0n) is 11.1. The molecule has 0 amide bonds. The number of hydrogen-bond acceptors (Lipinski definition) is 3. The van der Waals surface area contributed by atoms with Gasteiger partial charge in [-0.3, -0.25) is 4.90 Å². The molecule has 1 aromatic heterocycles. The Kier molecular flexibility index (Phi) is 4.35. The summed E-state index contributed by atoms with van der Waals surface area (Å²) in [6.45, 7) is 2.32. The Morgan fingerprint density at radius 1 is 1.26 bits per heavy atom. The molecule has 1 N–H and O–H groups in total. The first-order chi connectivity index (χ1) is 9.09. The molecular formula is C15H18FNO2. The van der Waals surface area contributed by atoms with Crippen LogP contribution in [-0.4, -0.2) is 23.6 Å². The molecule has 2 unspecified atom stereocenters. The van der Waals surface area contributed by atoms with Crippen LogP contribution in [0.5, 0.6) is 0 Å². The monoisotopic (exact) mass is 263 g/mol. The van der Waals surface area contributed by atoms with E-state index in [1.807, 2.05) is 31.0 Å². The molecule has 2 atom stereocenters. The second-order valence-electron chi connectivity index (χ2n) is 4.67. The number of benzene rings is 1. The van der Waals surface area contributed by atoms with Gasteiger partial charge >= 0.3 is 0 Å². The lowest BCUT2D eigenvalue weighted by Crippen LogP contribution is -2.27. The van der Waals surface area contributed by atoms with Crippen LogP contribution in [0.3, 0.4) is 0 Å². The molecule has 1 heterocycles. The minimum Gasteiger partial charge on any atom is -0.468 e. The van der Waals surface area contributed by atoms with Crippen molar-refractivity contribution in [1.29, 1.82) is 0 Å². The van der Waals surface area contributed by atoms with Crippen LogP contribution in [0, 0.1) is 5.82 Å². The third-order valence-electron chi connectivity index (χ3n) is 3.34. The number of nitrogens with zero attached hydrogens (tertiary/aromatic N) is 1. The second kappa shape index (κ2) is 5.99. The van der Waals surface area contributed by atoms with Crippen LogP contribution in [0.15, 0.2) is 47.1 Å². The van der Waals surface area contributed by atoms with Gasteiger partial charge in [0.05, 0.1) is 18.4 Å². The van der Waals surface area contributed by atoms with Crippen molar-refractivity contribution in [2.24, 2.45) is 0 Å². The van der Waals surface area contributed by atoms with Crippen LogP contribution in [0.2, 0.25) is 0 Å². The summed E-state index contributed by atoms with van der Waals surface area (Å²) in [5.41, 5.74) is 0.320. The van der Waals surface area contributed by atoms with Crippen LogP contribution in [-0.2, 0) is 0 Å².